The summed E-state index contributed by atoms with van der Waals surface area (Å²) < 4.78 is 0. The molecule has 0 saturated carbocycles. The van der Waals surface area contributed by atoms with Crippen LogP contribution in [0.15, 0.2) is 0 Å². The average molecular weight is 310 g/mol. The van der Waals surface area contributed by atoms with Crippen molar-refractivity contribution in [1.82, 2.24) is 0 Å². The molecule has 6 nitrogen and oxygen atoms in total. The Morgan fingerprint density at radius 2 is 1.23 bits per heavy atom. The molecule has 0 aromatic rings. The summed E-state index contributed by atoms with van der Waals surface area (Å²) in [7, 11) is 0. The van der Waals surface area contributed by atoms with Crippen LogP contribution in [-0.4, -0.2) is 34.7 Å². The largest absolute Gasteiger partial charge is 0.300 e. The van der Waals surface area contributed by atoms with Gasteiger partial charge in [-0.15, -0.1) is 0 Å². The van der Waals surface area contributed by atoms with Crippen LogP contribution in [0.3, 0.4) is 0 Å². The van der Waals surface area contributed by atoms with E-state index in [9.17, 15) is 28.8 Å². The van der Waals surface area contributed by atoms with Crippen LogP contribution in [0.2, 0.25) is 0 Å². The SMILES string of the molecule is CCC(=O)CCC(C(C)=O)C(=O)C(C(C)=O)(C(C)=O)C(C)=O. The summed E-state index contributed by atoms with van der Waals surface area (Å²) in [4.78, 5) is 71.4. The van der Waals surface area contributed by atoms with Crippen LogP contribution in [0.1, 0.15) is 53.9 Å². The van der Waals surface area contributed by atoms with Crippen LogP contribution in [0.25, 0.3) is 0 Å². The first-order valence-corrected chi connectivity index (χ1v) is 7.12. The van der Waals surface area contributed by atoms with Crippen molar-refractivity contribution < 1.29 is 28.8 Å². The van der Waals surface area contributed by atoms with Crippen LogP contribution in [-0.2, 0) is 28.8 Å². The monoisotopic (exact) mass is 310 g/mol. The molecule has 6 heteroatoms. The fourth-order valence-corrected chi connectivity index (χ4v) is 2.53. The van der Waals surface area contributed by atoms with E-state index in [1.54, 1.807) is 6.92 Å². The Bertz CT molecular complexity index is 493. The molecule has 22 heavy (non-hydrogen) atoms. The third-order valence-electron chi connectivity index (χ3n) is 3.87. The number of hydrogen-bond donors (Lipinski definition) is 0. The van der Waals surface area contributed by atoms with Gasteiger partial charge in [0.15, 0.2) is 23.1 Å². The van der Waals surface area contributed by atoms with E-state index in [4.69, 9.17) is 0 Å². The van der Waals surface area contributed by atoms with Crippen LogP contribution >= 0.6 is 0 Å². The van der Waals surface area contributed by atoms with Gasteiger partial charge in [-0.3, -0.25) is 28.8 Å². The lowest BCUT2D eigenvalue weighted by Crippen LogP contribution is -2.53. The highest BCUT2D eigenvalue weighted by Crippen LogP contribution is 2.29. The van der Waals surface area contributed by atoms with Crippen molar-refractivity contribution in [2.24, 2.45) is 11.3 Å². The van der Waals surface area contributed by atoms with Crippen molar-refractivity contribution in [3.05, 3.63) is 0 Å². The second kappa shape index (κ2) is 7.87. The molecular formula is C16H22O6. The van der Waals surface area contributed by atoms with E-state index in [1.165, 1.54) is 0 Å². The molecule has 0 heterocycles. The molecule has 0 fully saturated rings. The summed E-state index contributed by atoms with van der Waals surface area (Å²) in [5.74, 6) is -5.73. The average Bonchev–Trinajstić information content (AvgIpc) is 2.37. The Balaban J connectivity index is 5.81. The van der Waals surface area contributed by atoms with Crippen molar-refractivity contribution in [3.8, 4) is 0 Å². The van der Waals surface area contributed by atoms with Gasteiger partial charge in [-0.1, -0.05) is 6.92 Å². The van der Waals surface area contributed by atoms with Gasteiger partial charge in [0.05, 0.1) is 5.92 Å². The van der Waals surface area contributed by atoms with Gasteiger partial charge in [0.1, 0.15) is 11.6 Å². The lowest BCUT2D eigenvalue weighted by atomic mass is 9.68. The minimum Gasteiger partial charge on any atom is -0.300 e. The fraction of sp³-hybridized carbons (Fsp3) is 0.625. The fourth-order valence-electron chi connectivity index (χ4n) is 2.53. The lowest BCUT2D eigenvalue weighted by molar-refractivity contribution is -0.155. The van der Waals surface area contributed by atoms with Gasteiger partial charge in [0.2, 0.25) is 5.41 Å². The highest BCUT2D eigenvalue weighted by Gasteiger charge is 2.54. The smallest absolute Gasteiger partial charge is 0.203 e. The molecule has 1 atom stereocenters. The molecule has 0 rings (SSSR count). The summed E-state index contributed by atoms with van der Waals surface area (Å²) >= 11 is 0. The van der Waals surface area contributed by atoms with E-state index < -0.39 is 40.2 Å². The molecule has 0 N–H and O–H groups in total. The van der Waals surface area contributed by atoms with Crippen molar-refractivity contribution >= 4 is 34.7 Å². The lowest BCUT2D eigenvalue weighted by Gasteiger charge is -2.27. The zero-order valence-corrected chi connectivity index (χ0v) is 13.6. The summed E-state index contributed by atoms with van der Waals surface area (Å²) in [6, 6.07) is 0. The first kappa shape index (κ1) is 20.0. The summed E-state index contributed by atoms with van der Waals surface area (Å²) in [6.07, 6.45) is 0.142. The van der Waals surface area contributed by atoms with E-state index in [0.29, 0.717) is 0 Å². The molecule has 0 amide bonds. The maximum absolute atomic E-state index is 12.6. The third kappa shape index (κ3) is 3.81. The molecule has 0 radical (unpaired) electrons. The normalized spacial score (nSPS) is 12.4. The highest BCUT2D eigenvalue weighted by molar-refractivity contribution is 6.39. The quantitative estimate of drug-likeness (QED) is 0.563. The molecule has 0 aromatic carbocycles. The van der Waals surface area contributed by atoms with Gasteiger partial charge < -0.3 is 0 Å². The molecule has 0 aromatic heterocycles. The molecule has 0 aliphatic rings. The predicted molar refractivity (Wildman–Crippen MR) is 78.2 cm³/mol. The minimum absolute atomic E-state index is 0.0176. The second-order valence-electron chi connectivity index (χ2n) is 5.38. The van der Waals surface area contributed by atoms with Gasteiger partial charge in [0, 0.05) is 12.8 Å². The molecule has 0 bridgehead atoms. The number of carbonyl (C=O) groups is 6. The second-order valence-corrected chi connectivity index (χ2v) is 5.38. The van der Waals surface area contributed by atoms with Crippen LogP contribution < -0.4 is 0 Å². The van der Waals surface area contributed by atoms with Crippen molar-refractivity contribution in [1.29, 1.82) is 0 Å². The van der Waals surface area contributed by atoms with Gasteiger partial charge in [0.25, 0.3) is 0 Å². The van der Waals surface area contributed by atoms with Gasteiger partial charge in [-0.05, 0) is 34.1 Å². The highest BCUT2D eigenvalue weighted by atomic mass is 16.2. The zero-order chi connectivity index (χ0) is 17.7. The van der Waals surface area contributed by atoms with Crippen molar-refractivity contribution in [3.63, 3.8) is 0 Å². The van der Waals surface area contributed by atoms with Crippen molar-refractivity contribution in [2.45, 2.75) is 53.9 Å². The Hall–Kier alpha value is -1.98. The molecule has 0 aliphatic heterocycles. The number of ketones is 6. The topological polar surface area (TPSA) is 102 Å². The maximum Gasteiger partial charge on any atom is 0.203 e. The summed E-state index contributed by atoms with van der Waals surface area (Å²) in [5.41, 5.74) is -2.44. The van der Waals surface area contributed by atoms with Crippen LogP contribution in [0.5, 0.6) is 0 Å². The van der Waals surface area contributed by atoms with Crippen LogP contribution in [0.4, 0.5) is 0 Å². The van der Waals surface area contributed by atoms with E-state index in [1.807, 2.05) is 0 Å². The molecule has 122 valence electrons. The van der Waals surface area contributed by atoms with E-state index in [2.05, 4.69) is 0 Å². The van der Waals surface area contributed by atoms with E-state index in [-0.39, 0.29) is 25.0 Å². The molecular weight excluding hydrogens is 288 g/mol. The number of rotatable bonds is 10. The number of carbonyl (C=O) groups excluding carboxylic acids is 6. The zero-order valence-electron chi connectivity index (χ0n) is 13.6. The Labute approximate surface area is 129 Å². The molecule has 0 saturated heterocycles. The van der Waals surface area contributed by atoms with Gasteiger partial charge in [-0.25, -0.2) is 0 Å². The Morgan fingerprint density at radius 3 is 1.50 bits per heavy atom. The predicted octanol–water partition coefficient (Wildman–Crippen LogP) is 1.27. The number of hydrogen-bond acceptors (Lipinski definition) is 6. The van der Waals surface area contributed by atoms with Crippen LogP contribution in [0, 0.1) is 11.3 Å². The van der Waals surface area contributed by atoms with Gasteiger partial charge >= 0.3 is 0 Å². The third-order valence-corrected chi connectivity index (χ3v) is 3.87. The van der Waals surface area contributed by atoms with Crippen molar-refractivity contribution in [2.75, 3.05) is 0 Å². The van der Waals surface area contributed by atoms with Gasteiger partial charge in [-0.2, -0.15) is 0 Å². The first-order valence-electron chi connectivity index (χ1n) is 7.12. The minimum atomic E-state index is -2.44. The summed E-state index contributed by atoms with van der Waals surface area (Å²) in [5, 5.41) is 0. The molecule has 1 unspecified atom stereocenters. The standard InChI is InChI=1S/C16H22O6/c1-6-13(21)7-8-14(9(2)17)15(22)16(10(3)18,11(4)19)12(5)20/h14H,6-8H2,1-5H3. The van der Waals surface area contributed by atoms with E-state index in [0.717, 1.165) is 27.7 Å². The first-order chi connectivity index (χ1) is 10.0. The maximum atomic E-state index is 12.6. The molecule has 0 spiro atoms. The summed E-state index contributed by atoms with van der Waals surface area (Å²) in [6.45, 7) is 5.74. The Kier molecular flexibility index (Phi) is 7.16. The molecule has 0 aliphatic carbocycles. The Morgan fingerprint density at radius 1 is 0.818 bits per heavy atom. The number of Topliss-reactive ketones (excluding diaryl/α,β-unsaturated/α-hetero) is 6. The van der Waals surface area contributed by atoms with E-state index >= 15 is 0 Å².